The highest BCUT2D eigenvalue weighted by molar-refractivity contribution is 6.35. The lowest BCUT2D eigenvalue weighted by Gasteiger charge is -2.11. The van der Waals surface area contributed by atoms with Crippen LogP contribution in [0.15, 0.2) is 30.3 Å². The van der Waals surface area contributed by atoms with E-state index in [4.69, 9.17) is 14.2 Å². The number of amides is 1. The second kappa shape index (κ2) is 6.28. The second-order valence-corrected chi connectivity index (χ2v) is 5.49. The van der Waals surface area contributed by atoms with Gasteiger partial charge in [-0.15, -0.1) is 0 Å². The van der Waals surface area contributed by atoms with Crippen molar-refractivity contribution in [1.29, 1.82) is 0 Å². The van der Waals surface area contributed by atoms with Crippen molar-refractivity contribution in [3.8, 4) is 17.2 Å². The minimum absolute atomic E-state index is 0.153. The number of nitrogens with one attached hydrogen (secondary N) is 1. The molecule has 0 saturated carbocycles. The summed E-state index contributed by atoms with van der Waals surface area (Å²) in [5.41, 5.74) is 3.88. The SMILES string of the molecule is COc1ccc2c(c1)/C(=C\c1cc(OC)c(C)cc1OC)C(=O)N2. The molecule has 5 nitrogen and oxygen atoms in total. The van der Waals surface area contributed by atoms with Gasteiger partial charge in [0.25, 0.3) is 5.91 Å². The molecular weight excluding hydrogens is 306 g/mol. The van der Waals surface area contributed by atoms with Crippen molar-refractivity contribution < 1.29 is 19.0 Å². The first-order valence-corrected chi connectivity index (χ1v) is 7.51. The maximum Gasteiger partial charge on any atom is 0.256 e. The fourth-order valence-corrected chi connectivity index (χ4v) is 2.78. The Kier molecular flexibility index (Phi) is 4.16. The Morgan fingerprint density at radius 3 is 2.38 bits per heavy atom. The predicted molar refractivity (Wildman–Crippen MR) is 93.8 cm³/mol. The Bertz CT molecular complexity index is 840. The fourth-order valence-electron chi connectivity index (χ4n) is 2.78. The van der Waals surface area contributed by atoms with Gasteiger partial charge in [-0.2, -0.15) is 0 Å². The molecule has 0 radical (unpaired) electrons. The van der Waals surface area contributed by atoms with Gasteiger partial charge >= 0.3 is 0 Å². The van der Waals surface area contributed by atoms with Crippen LogP contribution < -0.4 is 19.5 Å². The van der Waals surface area contributed by atoms with Crippen LogP contribution in [0, 0.1) is 6.92 Å². The van der Waals surface area contributed by atoms with Crippen molar-refractivity contribution in [1.82, 2.24) is 0 Å². The Hall–Kier alpha value is -2.95. The molecule has 0 unspecified atom stereocenters. The van der Waals surface area contributed by atoms with Gasteiger partial charge in [0.1, 0.15) is 17.2 Å². The standard InChI is InChI=1S/C19H19NO4/c1-11-7-18(24-4)12(9-17(11)23-3)8-15-14-10-13(22-2)5-6-16(14)20-19(15)21/h5-10H,1-4H3,(H,20,21)/b15-8+. The molecule has 1 aliphatic heterocycles. The fraction of sp³-hybridized carbons (Fsp3) is 0.211. The van der Waals surface area contributed by atoms with Gasteiger partial charge in [-0.3, -0.25) is 4.79 Å². The van der Waals surface area contributed by atoms with E-state index in [0.717, 1.165) is 28.1 Å². The average molecular weight is 325 g/mol. The molecule has 5 heteroatoms. The Morgan fingerprint density at radius 2 is 1.71 bits per heavy atom. The summed E-state index contributed by atoms with van der Waals surface area (Å²) in [4.78, 5) is 12.4. The molecule has 0 atom stereocenters. The van der Waals surface area contributed by atoms with Gasteiger partial charge in [-0.05, 0) is 48.9 Å². The zero-order valence-electron chi connectivity index (χ0n) is 14.1. The van der Waals surface area contributed by atoms with Gasteiger partial charge < -0.3 is 19.5 Å². The number of anilines is 1. The highest BCUT2D eigenvalue weighted by Gasteiger charge is 2.25. The van der Waals surface area contributed by atoms with E-state index in [1.54, 1.807) is 27.4 Å². The van der Waals surface area contributed by atoms with Gasteiger partial charge in [-0.1, -0.05) is 0 Å². The van der Waals surface area contributed by atoms with Crippen molar-refractivity contribution in [3.05, 3.63) is 47.0 Å². The van der Waals surface area contributed by atoms with Crippen molar-refractivity contribution in [2.24, 2.45) is 0 Å². The van der Waals surface area contributed by atoms with Crippen molar-refractivity contribution >= 4 is 23.2 Å². The minimum atomic E-state index is -0.153. The van der Waals surface area contributed by atoms with Crippen LogP contribution in [0.4, 0.5) is 5.69 Å². The van der Waals surface area contributed by atoms with Crippen LogP contribution in [0.2, 0.25) is 0 Å². The van der Waals surface area contributed by atoms with Crippen LogP contribution in [0.25, 0.3) is 11.6 Å². The number of methoxy groups -OCH3 is 3. The molecule has 24 heavy (non-hydrogen) atoms. The summed E-state index contributed by atoms with van der Waals surface area (Å²) >= 11 is 0. The van der Waals surface area contributed by atoms with E-state index in [1.807, 2.05) is 37.3 Å². The molecule has 1 amide bonds. The first kappa shape index (κ1) is 15.9. The molecule has 0 bridgehead atoms. The molecule has 0 aliphatic carbocycles. The Balaban J connectivity index is 2.14. The van der Waals surface area contributed by atoms with Crippen molar-refractivity contribution in [3.63, 3.8) is 0 Å². The van der Waals surface area contributed by atoms with Gasteiger partial charge in [0, 0.05) is 22.4 Å². The molecule has 1 N–H and O–H groups in total. The third-order valence-corrected chi connectivity index (χ3v) is 4.06. The summed E-state index contributed by atoms with van der Waals surface area (Å²) in [6.07, 6.45) is 1.81. The Labute approximate surface area is 140 Å². The predicted octanol–water partition coefficient (Wildman–Crippen LogP) is 3.51. The number of carbonyl (C=O) groups is 1. The van der Waals surface area contributed by atoms with Gasteiger partial charge in [0.2, 0.25) is 0 Å². The van der Waals surface area contributed by atoms with Gasteiger partial charge in [-0.25, -0.2) is 0 Å². The summed E-state index contributed by atoms with van der Waals surface area (Å²) in [6.45, 7) is 1.95. The van der Waals surface area contributed by atoms with E-state index in [1.165, 1.54) is 0 Å². The molecule has 0 fully saturated rings. The number of fused-ring (bicyclic) bond motifs is 1. The number of rotatable bonds is 4. The summed E-state index contributed by atoms with van der Waals surface area (Å²) in [5, 5.41) is 2.86. The summed E-state index contributed by atoms with van der Waals surface area (Å²) in [5.74, 6) is 1.97. The third-order valence-electron chi connectivity index (χ3n) is 4.06. The minimum Gasteiger partial charge on any atom is -0.497 e. The Morgan fingerprint density at radius 1 is 0.958 bits per heavy atom. The monoisotopic (exact) mass is 325 g/mol. The summed E-state index contributed by atoms with van der Waals surface area (Å²) in [7, 11) is 4.83. The quantitative estimate of drug-likeness (QED) is 0.874. The number of hydrogen-bond acceptors (Lipinski definition) is 4. The largest absolute Gasteiger partial charge is 0.497 e. The number of carbonyl (C=O) groups excluding carboxylic acids is 1. The lowest BCUT2D eigenvalue weighted by Crippen LogP contribution is -2.03. The third kappa shape index (κ3) is 2.69. The first-order valence-electron chi connectivity index (χ1n) is 7.51. The van der Waals surface area contributed by atoms with Crippen LogP contribution in [-0.4, -0.2) is 27.2 Å². The molecule has 0 aromatic heterocycles. The van der Waals surface area contributed by atoms with Crippen molar-refractivity contribution in [2.75, 3.05) is 26.6 Å². The second-order valence-electron chi connectivity index (χ2n) is 5.49. The van der Waals surface area contributed by atoms with Crippen molar-refractivity contribution in [2.45, 2.75) is 6.92 Å². The molecule has 0 spiro atoms. The number of aryl methyl sites for hydroxylation is 1. The van der Waals surface area contributed by atoms with Crippen LogP contribution in [0.3, 0.4) is 0 Å². The first-order chi connectivity index (χ1) is 11.6. The van der Waals surface area contributed by atoms with E-state index < -0.39 is 0 Å². The number of ether oxygens (including phenoxy) is 3. The normalized spacial score (nSPS) is 14.3. The van der Waals surface area contributed by atoms with Crippen LogP contribution in [0.5, 0.6) is 17.2 Å². The van der Waals surface area contributed by atoms with Crippen LogP contribution in [0.1, 0.15) is 16.7 Å². The molecule has 2 aromatic rings. The van der Waals surface area contributed by atoms with Crippen LogP contribution >= 0.6 is 0 Å². The molecule has 1 aliphatic rings. The van der Waals surface area contributed by atoms with E-state index in [-0.39, 0.29) is 5.91 Å². The zero-order chi connectivity index (χ0) is 17.3. The van der Waals surface area contributed by atoms with Crippen LogP contribution in [-0.2, 0) is 4.79 Å². The highest BCUT2D eigenvalue weighted by atomic mass is 16.5. The average Bonchev–Trinajstić information content (AvgIpc) is 2.90. The number of benzene rings is 2. The zero-order valence-corrected chi connectivity index (χ0v) is 14.1. The van der Waals surface area contributed by atoms with Gasteiger partial charge in [0.05, 0.1) is 21.3 Å². The maximum atomic E-state index is 12.4. The molecule has 0 saturated heterocycles. The molecule has 2 aromatic carbocycles. The highest BCUT2D eigenvalue weighted by Crippen LogP contribution is 2.38. The number of hydrogen-bond donors (Lipinski definition) is 1. The molecule has 1 heterocycles. The van der Waals surface area contributed by atoms with E-state index in [2.05, 4.69) is 5.32 Å². The lowest BCUT2D eigenvalue weighted by atomic mass is 10.0. The molecule has 124 valence electrons. The molecular formula is C19H19NO4. The maximum absolute atomic E-state index is 12.4. The topological polar surface area (TPSA) is 56.8 Å². The van der Waals surface area contributed by atoms with E-state index in [9.17, 15) is 4.79 Å². The smallest absolute Gasteiger partial charge is 0.256 e. The lowest BCUT2D eigenvalue weighted by molar-refractivity contribution is -0.110. The van der Waals surface area contributed by atoms with E-state index in [0.29, 0.717) is 17.1 Å². The summed E-state index contributed by atoms with van der Waals surface area (Å²) in [6, 6.07) is 9.26. The molecule has 3 rings (SSSR count). The van der Waals surface area contributed by atoms with Gasteiger partial charge in [0.15, 0.2) is 0 Å². The summed E-state index contributed by atoms with van der Waals surface area (Å²) < 4.78 is 16.1. The van der Waals surface area contributed by atoms with E-state index >= 15 is 0 Å².